The van der Waals surface area contributed by atoms with E-state index in [0.29, 0.717) is 38.3 Å². The van der Waals surface area contributed by atoms with Crippen LogP contribution in [0.25, 0.3) is 0 Å². The van der Waals surface area contributed by atoms with Crippen LogP contribution in [0.3, 0.4) is 0 Å². The highest BCUT2D eigenvalue weighted by Crippen LogP contribution is 2.21. The molecule has 1 amide bonds. The van der Waals surface area contributed by atoms with Gasteiger partial charge in [-0.1, -0.05) is 12.1 Å². The zero-order valence-electron chi connectivity index (χ0n) is 18.9. The van der Waals surface area contributed by atoms with Crippen molar-refractivity contribution in [3.05, 3.63) is 58.9 Å². The maximum Gasteiger partial charge on any atom is 0.254 e. The van der Waals surface area contributed by atoms with Gasteiger partial charge in [-0.3, -0.25) is 9.69 Å². The van der Waals surface area contributed by atoms with E-state index in [1.54, 1.807) is 37.8 Å². The molecule has 3 rings (SSSR count). The predicted molar refractivity (Wildman–Crippen MR) is 121 cm³/mol. The van der Waals surface area contributed by atoms with Crippen LogP contribution < -0.4 is 9.46 Å². The molecule has 2 aromatic carbocycles. The largest absolute Gasteiger partial charge is 0.494 e. The standard InChI is InChI=1S/C23H30FN3O4S/c1-16(2)25-32(29,30)19-7-5-17(3)20(14-19)23(28)27-11-9-26(10-12-27)15-18-6-8-22(31-4)21(24)13-18/h5-8,13-14,16,25H,9-12,15H2,1-4H3. The summed E-state index contributed by atoms with van der Waals surface area (Å²) < 4.78 is 46.5. The monoisotopic (exact) mass is 463 g/mol. The summed E-state index contributed by atoms with van der Waals surface area (Å²) in [6.07, 6.45) is 0. The lowest BCUT2D eigenvalue weighted by Gasteiger charge is -2.35. The molecule has 0 bridgehead atoms. The molecule has 1 heterocycles. The van der Waals surface area contributed by atoms with Crippen LogP contribution in [0.1, 0.15) is 35.3 Å². The van der Waals surface area contributed by atoms with E-state index < -0.39 is 15.8 Å². The molecule has 0 aromatic heterocycles. The fourth-order valence-corrected chi connectivity index (χ4v) is 5.00. The Hall–Kier alpha value is -2.49. The highest BCUT2D eigenvalue weighted by molar-refractivity contribution is 7.89. The van der Waals surface area contributed by atoms with Crippen molar-refractivity contribution in [3.8, 4) is 5.75 Å². The molecule has 174 valence electrons. The topological polar surface area (TPSA) is 79.0 Å². The van der Waals surface area contributed by atoms with Crippen LogP contribution in [0.5, 0.6) is 5.75 Å². The molecule has 1 N–H and O–H groups in total. The van der Waals surface area contributed by atoms with Crippen molar-refractivity contribution in [2.24, 2.45) is 0 Å². The zero-order chi connectivity index (χ0) is 23.5. The van der Waals surface area contributed by atoms with Gasteiger partial charge in [0.25, 0.3) is 5.91 Å². The van der Waals surface area contributed by atoms with Crippen molar-refractivity contribution in [2.45, 2.75) is 38.3 Å². The maximum absolute atomic E-state index is 13.9. The number of methoxy groups -OCH3 is 1. The van der Waals surface area contributed by atoms with Gasteiger partial charge in [0.2, 0.25) is 10.0 Å². The summed E-state index contributed by atoms with van der Waals surface area (Å²) >= 11 is 0. The number of sulfonamides is 1. The third-order valence-electron chi connectivity index (χ3n) is 5.42. The Morgan fingerprint density at radius 2 is 1.81 bits per heavy atom. The first-order chi connectivity index (χ1) is 15.1. The summed E-state index contributed by atoms with van der Waals surface area (Å²) in [6, 6.07) is 9.31. The van der Waals surface area contributed by atoms with Crippen LogP contribution in [0.4, 0.5) is 4.39 Å². The second-order valence-corrected chi connectivity index (χ2v) is 10.0. The van der Waals surface area contributed by atoms with Gasteiger partial charge in [-0.25, -0.2) is 17.5 Å². The molecule has 7 nitrogen and oxygen atoms in total. The van der Waals surface area contributed by atoms with Gasteiger partial charge in [-0.15, -0.1) is 0 Å². The molecular formula is C23H30FN3O4S. The van der Waals surface area contributed by atoms with Crippen molar-refractivity contribution in [1.29, 1.82) is 0 Å². The molecule has 9 heteroatoms. The molecule has 0 radical (unpaired) electrons. The number of halogens is 1. The van der Waals surface area contributed by atoms with Crippen LogP contribution in [0.15, 0.2) is 41.3 Å². The molecular weight excluding hydrogens is 433 g/mol. The maximum atomic E-state index is 13.9. The van der Waals surface area contributed by atoms with Gasteiger partial charge in [0.15, 0.2) is 11.6 Å². The van der Waals surface area contributed by atoms with Crippen LogP contribution >= 0.6 is 0 Å². The zero-order valence-corrected chi connectivity index (χ0v) is 19.7. The first-order valence-corrected chi connectivity index (χ1v) is 12.1. The number of carbonyl (C=O) groups excluding carboxylic acids is 1. The van der Waals surface area contributed by atoms with Crippen LogP contribution in [-0.2, 0) is 16.6 Å². The molecule has 0 saturated carbocycles. The smallest absolute Gasteiger partial charge is 0.254 e. The number of piperazine rings is 1. The Morgan fingerprint density at radius 1 is 1.12 bits per heavy atom. The van der Waals surface area contributed by atoms with E-state index in [1.807, 2.05) is 6.07 Å². The normalized spacial score (nSPS) is 15.2. The number of carbonyl (C=O) groups is 1. The lowest BCUT2D eigenvalue weighted by molar-refractivity contribution is 0.0627. The predicted octanol–water partition coefficient (Wildman–Crippen LogP) is 2.79. The van der Waals surface area contributed by atoms with E-state index in [2.05, 4.69) is 9.62 Å². The SMILES string of the molecule is COc1ccc(CN2CCN(C(=O)c3cc(S(=O)(=O)NC(C)C)ccc3C)CC2)cc1F. The summed E-state index contributed by atoms with van der Waals surface area (Å²) in [7, 11) is -2.25. The van der Waals surface area contributed by atoms with Crippen molar-refractivity contribution in [3.63, 3.8) is 0 Å². The number of amides is 1. The first kappa shape index (κ1) is 24.2. The van der Waals surface area contributed by atoms with E-state index in [4.69, 9.17) is 4.74 Å². The average Bonchev–Trinajstić information content (AvgIpc) is 2.73. The number of hydrogen-bond acceptors (Lipinski definition) is 5. The Labute approximate surface area is 189 Å². The molecule has 1 aliphatic heterocycles. The quantitative estimate of drug-likeness (QED) is 0.683. The number of benzene rings is 2. The fourth-order valence-electron chi connectivity index (χ4n) is 3.72. The molecule has 32 heavy (non-hydrogen) atoms. The summed E-state index contributed by atoms with van der Waals surface area (Å²) in [6.45, 7) is 8.19. The van der Waals surface area contributed by atoms with Gasteiger partial charge in [0, 0.05) is 44.3 Å². The van der Waals surface area contributed by atoms with Crippen LogP contribution in [-0.4, -0.2) is 63.5 Å². The number of aryl methyl sites for hydroxylation is 1. The van der Waals surface area contributed by atoms with E-state index in [9.17, 15) is 17.6 Å². The summed E-state index contributed by atoms with van der Waals surface area (Å²) in [5, 5.41) is 0. The van der Waals surface area contributed by atoms with Crippen LogP contribution in [0, 0.1) is 12.7 Å². The number of hydrogen-bond donors (Lipinski definition) is 1. The third kappa shape index (κ3) is 5.65. The minimum Gasteiger partial charge on any atom is -0.494 e. The van der Waals surface area contributed by atoms with E-state index in [-0.39, 0.29) is 22.6 Å². The number of rotatable bonds is 7. The van der Waals surface area contributed by atoms with Crippen molar-refractivity contribution in [2.75, 3.05) is 33.3 Å². The Morgan fingerprint density at radius 3 is 2.41 bits per heavy atom. The molecule has 1 saturated heterocycles. The Balaban J connectivity index is 1.66. The van der Waals surface area contributed by atoms with E-state index >= 15 is 0 Å². The summed E-state index contributed by atoms with van der Waals surface area (Å²) in [5.74, 6) is -0.359. The lowest BCUT2D eigenvalue weighted by atomic mass is 10.1. The molecule has 0 aliphatic carbocycles. The lowest BCUT2D eigenvalue weighted by Crippen LogP contribution is -2.48. The number of ether oxygens (including phenoxy) is 1. The number of nitrogens with zero attached hydrogens (tertiary/aromatic N) is 2. The van der Waals surface area contributed by atoms with Gasteiger partial charge < -0.3 is 9.64 Å². The first-order valence-electron chi connectivity index (χ1n) is 10.6. The Bertz CT molecular complexity index is 1080. The average molecular weight is 464 g/mol. The fraction of sp³-hybridized carbons (Fsp3) is 0.435. The highest BCUT2D eigenvalue weighted by Gasteiger charge is 2.25. The second kappa shape index (κ2) is 9.97. The minimum absolute atomic E-state index is 0.0836. The van der Waals surface area contributed by atoms with Gasteiger partial charge in [0.1, 0.15) is 0 Å². The molecule has 0 unspecified atom stereocenters. The molecule has 2 aromatic rings. The molecule has 1 aliphatic rings. The molecule has 0 spiro atoms. The van der Waals surface area contributed by atoms with Crippen molar-refractivity contribution < 1.29 is 22.3 Å². The third-order valence-corrected chi connectivity index (χ3v) is 7.08. The molecule has 0 atom stereocenters. The second-order valence-electron chi connectivity index (χ2n) is 8.29. The summed E-state index contributed by atoms with van der Waals surface area (Å²) in [5.41, 5.74) is 1.96. The highest BCUT2D eigenvalue weighted by atomic mass is 32.2. The van der Waals surface area contributed by atoms with Gasteiger partial charge in [-0.05, 0) is 56.2 Å². The summed E-state index contributed by atoms with van der Waals surface area (Å²) in [4.78, 5) is 17.1. The molecule has 1 fully saturated rings. The van der Waals surface area contributed by atoms with E-state index in [1.165, 1.54) is 25.3 Å². The van der Waals surface area contributed by atoms with Gasteiger partial charge in [-0.2, -0.15) is 0 Å². The Kier molecular flexibility index (Phi) is 7.53. The van der Waals surface area contributed by atoms with E-state index in [0.717, 1.165) is 11.1 Å². The number of nitrogens with one attached hydrogen (secondary N) is 1. The van der Waals surface area contributed by atoms with Crippen molar-refractivity contribution >= 4 is 15.9 Å². The van der Waals surface area contributed by atoms with Crippen molar-refractivity contribution in [1.82, 2.24) is 14.5 Å². The van der Waals surface area contributed by atoms with Crippen LogP contribution in [0.2, 0.25) is 0 Å². The van der Waals surface area contributed by atoms with Gasteiger partial charge >= 0.3 is 0 Å². The van der Waals surface area contributed by atoms with Gasteiger partial charge in [0.05, 0.1) is 12.0 Å². The minimum atomic E-state index is -3.68.